The topological polar surface area (TPSA) is 99.2 Å². The number of aromatic nitrogens is 2. The van der Waals surface area contributed by atoms with Crippen molar-refractivity contribution in [2.75, 3.05) is 19.9 Å². The van der Waals surface area contributed by atoms with Crippen LogP contribution in [0.3, 0.4) is 0 Å². The molecule has 0 atom stereocenters. The van der Waals surface area contributed by atoms with Crippen LogP contribution in [0.4, 0.5) is 10.1 Å². The Morgan fingerprint density at radius 3 is 2.76 bits per heavy atom. The summed E-state index contributed by atoms with van der Waals surface area (Å²) in [5, 5.41) is 6.35. The number of hydrogen-bond acceptors (Lipinski definition) is 5. The van der Waals surface area contributed by atoms with Gasteiger partial charge in [0.1, 0.15) is 5.69 Å². The van der Waals surface area contributed by atoms with Crippen molar-refractivity contribution in [3.8, 4) is 5.69 Å². The van der Waals surface area contributed by atoms with Crippen LogP contribution in [0.1, 0.15) is 20.8 Å². The van der Waals surface area contributed by atoms with E-state index in [1.54, 1.807) is 0 Å². The molecule has 0 spiro atoms. The van der Waals surface area contributed by atoms with Gasteiger partial charge in [-0.05, 0) is 18.2 Å². The average molecular weight is 292 g/mol. The molecule has 0 aliphatic heterocycles. The van der Waals surface area contributed by atoms with Crippen LogP contribution in [-0.2, 0) is 4.74 Å². The van der Waals surface area contributed by atoms with Crippen molar-refractivity contribution >= 4 is 17.6 Å². The second kappa shape index (κ2) is 5.61. The van der Waals surface area contributed by atoms with Gasteiger partial charge in [0, 0.05) is 18.9 Å². The molecule has 1 amide bonds. The van der Waals surface area contributed by atoms with Crippen molar-refractivity contribution < 1.29 is 18.7 Å². The van der Waals surface area contributed by atoms with E-state index in [-0.39, 0.29) is 22.6 Å². The summed E-state index contributed by atoms with van der Waals surface area (Å²) in [7, 11) is 2.66. The number of halogens is 1. The van der Waals surface area contributed by atoms with Gasteiger partial charge >= 0.3 is 5.97 Å². The van der Waals surface area contributed by atoms with Crippen molar-refractivity contribution in [2.45, 2.75) is 0 Å². The summed E-state index contributed by atoms with van der Waals surface area (Å²) in [5.74, 6) is -1.77. The molecule has 0 saturated heterocycles. The Labute approximate surface area is 119 Å². The molecule has 0 aliphatic carbocycles. The second-order valence-corrected chi connectivity index (χ2v) is 4.11. The van der Waals surface area contributed by atoms with E-state index in [0.29, 0.717) is 0 Å². The van der Waals surface area contributed by atoms with Gasteiger partial charge in [-0.25, -0.2) is 13.9 Å². The maximum absolute atomic E-state index is 14.0. The molecule has 0 saturated carbocycles. The molecule has 0 bridgehead atoms. The van der Waals surface area contributed by atoms with Gasteiger partial charge in [-0.15, -0.1) is 0 Å². The number of carbonyl (C=O) groups excluding carboxylic acids is 2. The van der Waals surface area contributed by atoms with Gasteiger partial charge in [0.2, 0.25) is 0 Å². The van der Waals surface area contributed by atoms with E-state index in [9.17, 15) is 14.0 Å². The largest absolute Gasteiger partial charge is 0.465 e. The van der Waals surface area contributed by atoms with Crippen LogP contribution >= 0.6 is 0 Å². The third kappa shape index (κ3) is 2.69. The molecule has 8 heteroatoms. The van der Waals surface area contributed by atoms with Crippen LogP contribution < -0.4 is 11.1 Å². The number of rotatable bonds is 3. The van der Waals surface area contributed by atoms with Crippen LogP contribution in [0.25, 0.3) is 5.69 Å². The quantitative estimate of drug-likeness (QED) is 0.642. The summed E-state index contributed by atoms with van der Waals surface area (Å²) in [4.78, 5) is 23.0. The fraction of sp³-hybridized carbons (Fsp3) is 0.154. The molecule has 21 heavy (non-hydrogen) atoms. The molecule has 0 unspecified atom stereocenters. The maximum Gasteiger partial charge on any atom is 0.340 e. The standard InChI is InChI=1S/C13H13FN4O3/c1-16-12(19)10-3-4-18(17-10)11-5-7(13(20)21-2)9(15)6-8(11)14/h3-6H,15H2,1-2H3,(H,16,19). The van der Waals surface area contributed by atoms with E-state index >= 15 is 0 Å². The van der Waals surface area contributed by atoms with Gasteiger partial charge in [-0.3, -0.25) is 4.79 Å². The number of esters is 1. The molecule has 3 N–H and O–H groups in total. The van der Waals surface area contributed by atoms with Gasteiger partial charge < -0.3 is 15.8 Å². The Hall–Kier alpha value is -2.90. The third-order valence-electron chi connectivity index (χ3n) is 2.82. The zero-order chi connectivity index (χ0) is 15.6. The van der Waals surface area contributed by atoms with E-state index < -0.39 is 17.7 Å². The number of hydrogen-bond donors (Lipinski definition) is 2. The van der Waals surface area contributed by atoms with Crippen molar-refractivity contribution in [1.29, 1.82) is 0 Å². The van der Waals surface area contributed by atoms with Crippen LogP contribution in [0.2, 0.25) is 0 Å². The number of anilines is 1. The predicted octanol–water partition coefficient (Wildman–Crippen LogP) is 0.740. The molecule has 0 radical (unpaired) electrons. The van der Waals surface area contributed by atoms with E-state index in [1.807, 2.05) is 0 Å². The monoisotopic (exact) mass is 292 g/mol. The zero-order valence-corrected chi connectivity index (χ0v) is 11.4. The second-order valence-electron chi connectivity index (χ2n) is 4.11. The highest BCUT2D eigenvalue weighted by Crippen LogP contribution is 2.22. The van der Waals surface area contributed by atoms with E-state index in [2.05, 4.69) is 15.2 Å². The summed E-state index contributed by atoms with van der Waals surface area (Å²) in [5.41, 5.74) is 5.67. The number of benzene rings is 1. The first-order valence-electron chi connectivity index (χ1n) is 5.93. The van der Waals surface area contributed by atoms with E-state index in [1.165, 1.54) is 32.5 Å². The first-order valence-corrected chi connectivity index (χ1v) is 5.93. The summed E-state index contributed by atoms with van der Waals surface area (Å²) < 4.78 is 19.7. The van der Waals surface area contributed by atoms with Crippen molar-refractivity contribution in [3.63, 3.8) is 0 Å². The van der Waals surface area contributed by atoms with Gasteiger partial charge in [-0.1, -0.05) is 0 Å². The highest BCUT2D eigenvalue weighted by Gasteiger charge is 2.17. The fourth-order valence-corrected chi connectivity index (χ4v) is 1.75. The lowest BCUT2D eigenvalue weighted by Crippen LogP contribution is -2.18. The van der Waals surface area contributed by atoms with Crippen molar-refractivity contribution in [2.24, 2.45) is 0 Å². The minimum Gasteiger partial charge on any atom is -0.465 e. The molecule has 110 valence electrons. The fourth-order valence-electron chi connectivity index (χ4n) is 1.75. The number of methoxy groups -OCH3 is 1. The third-order valence-corrected chi connectivity index (χ3v) is 2.82. The highest BCUT2D eigenvalue weighted by molar-refractivity contribution is 5.95. The molecular formula is C13H13FN4O3. The Bertz CT molecular complexity index is 711. The van der Waals surface area contributed by atoms with Gasteiger partial charge in [0.25, 0.3) is 5.91 Å². The van der Waals surface area contributed by atoms with Gasteiger partial charge in [0.05, 0.1) is 12.7 Å². The molecule has 1 heterocycles. The first-order chi connectivity index (χ1) is 9.97. The van der Waals surface area contributed by atoms with E-state index in [0.717, 1.165) is 10.7 Å². The number of nitrogens with one attached hydrogen (secondary N) is 1. The van der Waals surface area contributed by atoms with Crippen LogP contribution in [0, 0.1) is 5.82 Å². The van der Waals surface area contributed by atoms with Gasteiger partial charge in [-0.2, -0.15) is 5.10 Å². The number of nitrogens with two attached hydrogens (primary N) is 1. The lowest BCUT2D eigenvalue weighted by molar-refractivity contribution is 0.0601. The minimum absolute atomic E-state index is 0.0141. The molecular weight excluding hydrogens is 279 g/mol. The first kappa shape index (κ1) is 14.5. The number of nitrogen functional groups attached to an aromatic ring is 1. The van der Waals surface area contributed by atoms with Crippen LogP contribution in [0.15, 0.2) is 24.4 Å². The van der Waals surface area contributed by atoms with Crippen molar-refractivity contribution in [1.82, 2.24) is 15.1 Å². The lowest BCUT2D eigenvalue weighted by Gasteiger charge is -2.08. The van der Waals surface area contributed by atoms with Crippen LogP contribution in [0.5, 0.6) is 0 Å². The molecule has 7 nitrogen and oxygen atoms in total. The smallest absolute Gasteiger partial charge is 0.340 e. The molecule has 0 fully saturated rings. The average Bonchev–Trinajstić information content (AvgIpc) is 2.95. The Balaban J connectivity index is 2.51. The van der Waals surface area contributed by atoms with Crippen molar-refractivity contribution in [3.05, 3.63) is 41.5 Å². The summed E-state index contributed by atoms with van der Waals surface area (Å²) in [6.45, 7) is 0. The number of nitrogens with zero attached hydrogens (tertiary/aromatic N) is 2. The number of amides is 1. The number of carbonyl (C=O) groups is 2. The Kier molecular flexibility index (Phi) is 3.88. The minimum atomic E-state index is -0.688. The number of ether oxygens (including phenoxy) is 1. The molecule has 0 aliphatic rings. The van der Waals surface area contributed by atoms with E-state index in [4.69, 9.17) is 5.73 Å². The molecule has 2 aromatic rings. The molecule has 1 aromatic carbocycles. The Morgan fingerprint density at radius 1 is 1.43 bits per heavy atom. The van der Waals surface area contributed by atoms with Crippen LogP contribution in [-0.4, -0.2) is 35.8 Å². The molecule has 2 rings (SSSR count). The summed E-state index contributed by atoms with van der Waals surface area (Å²) in [6.07, 6.45) is 1.40. The predicted molar refractivity (Wildman–Crippen MR) is 72.7 cm³/mol. The Morgan fingerprint density at radius 2 is 2.14 bits per heavy atom. The van der Waals surface area contributed by atoms with Gasteiger partial charge in [0.15, 0.2) is 11.5 Å². The zero-order valence-electron chi connectivity index (χ0n) is 11.4. The summed E-state index contributed by atoms with van der Waals surface area (Å²) in [6, 6.07) is 3.65. The summed E-state index contributed by atoms with van der Waals surface area (Å²) >= 11 is 0. The lowest BCUT2D eigenvalue weighted by atomic mass is 10.1. The maximum atomic E-state index is 14.0. The highest BCUT2D eigenvalue weighted by atomic mass is 19.1. The normalized spacial score (nSPS) is 10.2. The molecule has 1 aromatic heterocycles. The SMILES string of the molecule is CNC(=O)c1ccn(-c2cc(C(=O)OC)c(N)cc2F)n1.